The molecule has 1 aromatic heterocycles. The number of nitrogens with zero attached hydrogens (tertiary/aromatic N) is 5. The van der Waals surface area contributed by atoms with Crippen LogP contribution in [0.3, 0.4) is 0 Å². The summed E-state index contributed by atoms with van der Waals surface area (Å²) in [5.41, 5.74) is 2.48. The molecule has 1 aliphatic rings. The molecule has 0 saturated heterocycles. The van der Waals surface area contributed by atoms with Gasteiger partial charge in [-0.05, 0) is 40.1 Å². The van der Waals surface area contributed by atoms with Crippen molar-refractivity contribution in [2.75, 3.05) is 13.2 Å². The number of hydrogen-bond acceptors (Lipinski definition) is 5. The van der Waals surface area contributed by atoms with E-state index >= 15 is 0 Å². The minimum atomic E-state index is 0.0404. The Morgan fingerprint density at radius 2 is 1.85 bits per heavy atom. The standard InChI is InChI=1S/C21H25N5O/c1-2-3-15-27-19-11-9-18(10-12-19)20-21-22-23-24-26(21)14-13-25(20)16-17-7-5-4-6-8-17/h4-12,20H,2-3,13-16H2,1H3/t20-/m1/s1. The monoisotopic (exact) mass is 363 g/mol. The average Bonchev–Trinajstić information content (AvgIpc) is 3.18. The molecule has 0 unspecified atom stereocenters. The fraction of sp³-hybridized carbons (Fsp3) is 0.381. The second kappa shape index (κ2) is 8.31. The molecule has 4 rings (SSSR count). The first kappa shape index (κ1) is 17.7. The lowest BCUT2D eigenvalue weighted by Gasteiger charge is -2.35. The molecular formula is C21H25N5O. The molecule has 2 heterocycles. The van der Waals surface area contributed by atoms with Gasteiger partial charge in [0.25, 0.3) is 0 Å². The summed E-state index contributed by atoms with van der Waals surface area (Å²) in [7, 11) is 0. The number of aromatic nitrogens is 4. The first-order valence-electron chi connectivity index (χ1n) is 9.62. The largest absolute Gasteiger partial charge is 0.494 e. The molecule has 0 N–H and O–H groups in total. The summed E-state index contributed by atoms with van der Waals surface area (Å²) >= 11 is 0. The van der Waals surface area contributed by atoms with Crippen molar-refractivity contribution >= 4 is 0 Å². The predicted molar refractivity (Wildman–Crippen MR) is 103 cm³/mol. The van der Waals surface area contributed by atoms with Crippen LogP contribution < -0.4 is 4.74 Å². The normalized spacial score (nSPS) is 16.9. The van der Waals surface area contributed by atoms with E-state index in [2.05, 4.69) is 81.9 Å². The Balaban J connectivity index is 1.58. The van der Waals surface area contributed by atoms with Gasteiger partial charge in [-0.25, -0.2) is 4.68 Å². The maximum atomic E-state index is 5.81. The fourth-order valence-electron chi connectivity index (χ4n) is 3.51. The van der Waals surface area contributed by atoms with E-state index < -0.39 is 0 Å². The van der Waals surface area contributed by atoms with E-state index in [9.17, 15) is 0 Å². The third-order valence-corrected chi connectivity index (χ3v) is 4.96. The van der Waals surface area contributed by atoms with Crippen LogP contribution in [0.4, 0.5) is 0 Å². The van der Waals surface area contributed by atoms with Crippen LogP contribution >= 0.6 is 0 Å². The molecule has 0 bridgehead atoms. The molecule has 1 aliphatic heterocycles. The van der Waals surface area contributed by atoms with Gasteiger partial charge in [0, 0.05) is 13.1 Å². The van der Waals surface area contributed by atoms with E-state index in [0.717, 1.165) is 50.7 Å². The zero-order valence-electron chi connectivity index (χ0n) is 15.7. The Bertz CT molecular complexity index is 847. The van der Waals surface area contributed by atoms with Crippen LogP contribution in [0, 0.1) is 0 Å². The molecule has 3 aromatic rings. The molecule has 0 radical (unpaired) electrons. The Morgan fingerprint density at radius 1 is 1.04 bits per heavy atom. The lowest BCUT2D eigenvalue weighted by atomic mass is 10.0. The van der Waals surface area contributed by atoms with Gasteiger partial charge in [0.1, 0.15) is 5.75 Å². The van der Waals surface area contributed by atoms with Gasteiger partial charge < -0.3 is 4.74 Å². The summed E-state index contributed by atoms with van der Waals surface area (Å²) in [5.74, 6) is 1.81. The van der Waals surface area contributed by atoms with Crippen LogP contribution in [0.25, 0.3) is 0 Å². The quantitative estimate of drug-likeness (QED) is 0.602. The molecular weight excluding hydrogens is 338 g/mol. The van der Waals surface area contributed by atoms with Crippen LogP contribution in [-0.4, -0.2) is 38.3 Å². The molecule has 0 amide bonds. The van der Waals surface area contributed by atoms with Crippen LogP contribution in [0.15, 0.2) is 54.6 Å². The summed E-state index contributed by atoms with van der Waals surface area (Å²) in [6, 6.07) is 19.0. The van der Waals surface area contributed by atoms with Crippen molar-refractivity contribution in [1.29, 1.82) is 0 Å². The zero-order chi connectivity index (χ0) is 18.5. The van der Waals surface area contributed by atoms with Crippen molar-refractivity contribution in [2.45, 2.75) is 38.9 Å². The summed E-state index contributed by atoms with van der Waals surface area (Å²) < 4.78 is 7.72. The highest BCUT2D eigenvalue weighted by Gasteiger charge is 2.31. The van der Waals surface area contributed by atoms with Gasteiger partial charge in [-0.3, -0.25) is 4.90 Å². The van der Waals surface area contributed by atoms with E-state index in [4.69, 9.17) is 4.74 Å². The number of benzene rings is 2. The van der Waals surface area contributed by atoms with Crippen LogP contribution in [0.2, 0.25) is 0 Å². The van der Waals surface area contributed by atoms with Crippen LogP contribution in [-0.2, 0) is 13.1 Å². The summed E-state index contributed by atoms with van der Waals surface area (Å²) in [5, 5.41) is 12.4. The SMILES string of the molecule is CCCCOc1ccc([C@@H]2c3nnnn3CCN2Cc2ccccc2)cc1. The van der Waals surface area contributed by atoms with Crippen molar-refractivity contribution in [3.63, 3.8) is 0 Å². The number of rotatable bonds is 7. The Kier molecular flexibility index (Phi) is 5.44. The molecule has 0 aliphatic carbocycles. The van der Waals surface area contributed by atoms with E-state index in [1.807, 2.05) is 4.68 Å². The van der Waals surface area contributed by atoms with Crippen molar-refractivity contribution in [2.24, 2.45) is 0 Å². The van der Waals surface area contributed by atoms with Gasteiger partial charge in [0.15, 0.2) is 5.82 Å². The number of ether oxygens (including phenoxy) is 1. The molecule has 140 valence electrons. The first-order valence-corrected chi connectivity index (χ1v) is 9.62. The Hall–Kier alpha value is -2.73. The number of fused-ring (bicyclic) bond motifs is 1. The molecule has 1 atom stereocenters. The summed E-state index contributed by atoms with van der Waals surface area (Å²) in [6.07, 6.45) is 2.21. The third-order valence-electron chi connectivity index (χ3n) is 4.96. The van der Waals surface area contributed by atoms with Crippen molar-refractivity contribution < 1.29 is 4.74 Å². The van der Waals surface area contributed by atoms with E-state index in [1.165, 1.54) is 11.1 Å². The van der Waals surface area contributed by atoms with E-state index in [-0.39, 0.29) is 6.04 Å². The Labute approximate surface area is 159 Å². The first-order chi connectivity index (χ1) is 13.3. The molecule has 6 nitrogen and oxygen atoms in total. The van der Waals surface area contributed by atoms with Gasteiger partial charge in [-0.15, -0.1) is 5.10 Å². The topological polar surface area (TPSA) is 56.1 Å². The maximum Gasteiger partial charge on any atom is 0.173 e. The van der Waals surface area contributed by atoms with Gasteiger partial charge in [-0.1, -0.05) is 55.8 Å². The highest BCUT2D eigenvalue weighted by Crippen LogP contribution is 2.32. The van der Waals surface area contributed by atoms with Gasteiger partial charge >= 0.3 is 0 Å². The molecule has 0 saturated carbocycles. The fourth-order valence-corrected chi connectivity index (χ4v) is 3.51. The maximum absolute atomic E-state index is 5.81. The molecule has 27 heavy (non-hydrogen) atoms. The Morgan fingerprint density at radius 3 is 2.63 bits per heavy atom. The van der Waals surface area contributed by atoms with E-state index in [0.29, 0.717) is 0 Å². The summed E-state index contributed by atoms with van der Waals surface area (Å²) in [6.45, 7) is 5.52. The highest BCUT2D eigenvalue weighted by atomic mass is 16.5. The average molecular weight is 363 g/mol. The van der Waals surface area contributed by atoms with Crippen LogP contribution in [0.5, 0.6) is 5.75 Å². The summed E-state index contributed by atoms with van der Waals surface area (Å²) in [4.78, 5) is 2.44. The number of tetrazole rings is 1. The lowest BCUT2D eigenvalue weighted by Crippen LogP contribution is -2.38. The molecule has 6 heteroatoms. The third kappa shape index (κ3) is 4.01. The highest BCUT2D eigenvalue weighted by molar-refractivity contribution is 5.32. The smallest absolute Gasteiger partial charge is 0.173 e. The second-order valence-electron chi connectivity index (χ2n) is 6.89. The van der Waals surface area contributed by atoms with Gasteiger partial charge in [0.05, 0.1) is 19.2 Å². The van der Waals surface area contributed by atoms with E-state index in [1.54, 1.807) is 0 Å². The number of hydrogen-bond donors (Lipinski definition) is 0. The van der Waals surface area contributed by atoms with Crippen molar-refractivity contribution in [3.8, 4) is 5.75 Å². The molecule has 2 aromatic carbocycles. The minimum Gasteiger partial charge on any atom is -0.494 e. The zero-order valence-corrected chi connectivity index (χ0v) is 15.7. The second-order valence-corrected chi connectivity index (χ2v) is 6.89. The van der Waals surface area contributed by atoms with Crippen molar-refractivity contribution in [3.05, 3.63) is 71.5 Å². The lowest BCUT2D eigenvalue weighted by molar-refractivity contribution is 0.164. The predicted octanol–water partition coefficient (Wildman–Crippen LogP) is 3.46. The van der Waals surface area contributed by atoms with Gasteiger partial charge in [-0.2, -0.15) is 0 Å². The molecule has 0 fully saturated rings. The number of unbranched alkanes of at least 4 members (excludes halogenated alkanes) is 1. The van der Waals surface area contributed by atoms with Crippen LogP contribution in [0.1, 0.15) is 42.8 Å². The molecule has 0 spiro atoms. The van der Waals surface area contributed by atoms with Crippen molar-refractivity contribution in [1.82, 2.24) is 25.1 Å². The van der Waals surface area contributed by atoms with Gasteiger partial charge in [0.2, 0.25) is 0 Å². The minimum absolute atomic E-state index is 0.0404.